The van der Waals surface area contributed by atoms with Crippen molar-refractivity contribution in [3.05, 3.63) is 54.4 Å². The quantitative estimate of drug-likeness (QED) is 0.605. The minimum Gasteiger partial charge on any atom is -0.370 e. The van der Waals surface area contributed by atoms with Crippen LogP contribution in [0.25, 0.3) is 0 Å². The first-order valence-electron chi connectivity index (χ1n) is 13.8. The molecule has 1 aromatic heterocycles. The molecule has 2 aromatic rings. The van der Waals surface area contributed by atoms with Crippen molar-refractivity contribution in [1.29, 1.82) is 0 Å². The average molecular weight is 489 g/mol. The maximum absolute atomic E-state index is 14.0. The molecule has 192 valence electrons. The van der Waals surface area contributed by atoms with Crippen molar-refractivity contribution in [2.24, 2.45) is 5.92 Å². The van der Waals surface area contributed by atoms with E-state index in [0.29, 0.717) is 18.0 Å². The Balaban J connectivity index is 1.20. The van der Waals surface area contributed by atoms with Gasteiger partial charge < -0.3 is 14.7 Å². The van der Waals surface area contributed by atoms with Gasteiger partial charge >= 0.3 is 6.03 Å². The molecule has 1 aromatic carbocycles. The van der Waals surface area contributed by atoms with Crippen molar-refractivity contribution in [2.45, 2.75) is 68.5 Å². The van der Waals surface area contributed by atoms with E-state index in [2.05, 4.69) is 74.2 Å². The highest BCUT2D eigenvalue weighted by Gasteiger charge is 2.56. The maximum atomic E-state index is 14.0. The van der Waals surface area contributed by atoms with Gasteiger partial charge in [-0.3, -0.25) is 4.90 Å². The summed E-state index contributed by atoms with van der Waals surface area (Å²) in [5.41, 5.74) is 2.59. The lowest BCUT2D eigenvalue weighted by atomic mass is 9.68. The maximum Gasteiger partial charge on any atom is 0.320 e. The molecule has 2 amide bonds. The zero-order valence-corrected chi connectivity index (χ0v) is 21.9. The molecule has 0 bridgehead atoms. The summed E-state index contributed by atoms with van der Waals surface area (Å²) in [7, 11) is 4.45. The van der Waals surface area contributed by atoms with Crippen LogP contribution in [0.4, 0.5) is 10.5 Å². The monoisotopic (exact) mass is 488 g/mol. The first-order valence-corrected chi connectivity index (χ1v) is 13.8. The number of benzene rings is 1. The molecule has 0 atom stereocenters. The van der Waals surface area contributed by atoms with Gasteiger partial charge in [0.15, 0.2) is 0 Å². The molecule has 0 N–H and O–H groups in total. The Morgan fingerprint density at radius 2 is 1.67 bits per heavy atom. The van der Waals surface area contributed by atoms with E-state index >= 15 is 0 Å². The van der Waals surface area contributed by atoms with E-state index in [4.69, 9.17) is 0 Å². The van der Waals surface area contributed by atoms with Crippen molar-refractivity contribution >= 4 is 11.7 Å². The van der Waals surface area contributed by atoms with E-state index in [9.17, 15) is 4.79 Å². The van der Waals surface area contributed by atoms with Crippen LogP contribution in [0, 0.1) is 5.92 Å². The van der Waals surface area contributed by atoms with Crippen LogP contribution in [0.5, 0.6) is 0 Å². The van der Waals surface area contributed by atoms with Crippen LogP contribution in [0.15, 0.2) is 48.8 Å². The third-order valence-electron chi connectivity index (χ3n) is 9.67. The summed E-state index contributed by atoms with van der Waals surface area (Å²) < 4.78 is 0. The van der Waals surface area contributed by atoms with Gasteiger partial charge in [0.1, 0.15) is 0 Å². The zero-order chi connectivity index (χ0) is 24.8. The summed E-state index contributed by atoms with van der Waals surface area (Å²) in [6.07, 6.45) is 12.6. The van der Waals surface area contributed by atoms with E-state index in [1.54, 1.807) is 6.20 Å². The van der Waals surface area contributed by atoms with Gasteiger partial charge in [0, 0.05) is 37.8 Å². The molecule has 6 rings (SSSR count). The normalized spacial score (nSPS) is 29.5. The van der Waals surface area contributed by atoms with Gasteiger partial charge in [-0.1, -0.05) is 30.3 Å². The zero-order valence-electron chi connectivity index (χ0n) is 21.9. The Kier molecular flexibility index (Phi) is 6.14. The minimum absolute atomic E-state index is 0.0138. The summed E-state index contributed by atoms with van der Waals surface area (Å²) in [6, 6.07) is 13.7. The van der Waals surface area contributed by atoms with Crippen LogP contribution in [-0.2, 0) is 5.54 Å². The van der Waals surface area contributed by atoms with Crippen LogP contribution in [-0.4, -0.2) is 82.8 Å². The Morgan fingerprint density at radius 1 is 0.944 bits per heavy atom. The molecule has 1 spiro atoms. The Morgan fingerprint density at radius 3 is 2.28 bits per heavy atom. The number of aromatic nitrogens is 2. The number of carbonyl (C=O) groups is 1. The Hall–Kier alpha value is -2.67. The van der Waals surface area contributed by atoms with Gasteiger partial charge in [0.2, 0.25) is 0 Å². The third-order valence-corrected chi connectivity index (χ3v) is 9.67. The predicted molar refractivity (Wildman–Crippen MR) is 142 cm³/mol. The van der Waals surface area contributed by atoms with Crippen molar-refractivity contribution in [2.75, 3.05) is 45.2 Å². The van der Waals surface area contributed by atoms with Crippen LogP contribution < -0.4 is 4.90 Å². The topological polar surface area (TPSA) is 55.8 Å². The van der Waals surface area contributed by atoms with Crippen molar-refractivity contribution < 1.29 is 4.79 Å². The Labute approximate surface area is 215 Å². The molecule has 2 aliphatic heterocycles. The number of anilines is 1. The SMILES string of the molecule is CN(C)[C@]1(c2ccccc2)CC[C@@]2(CC1)CN(C1CCN(c3ccnnc3)CC1)C(=O)N2CC1CC1. The van der Waals surface area contributed by atoms with E-state index < -0.39 is 0 Å². The van der Waals surface area contributed by atoms with E-state index in [1.165, 1.54) is 18.4 Å². The molecular formula is C29H40N6O. The molecule has 7 heteroatoms. The van der Waals surface area contributed by atoms with Gasteiger partial charge in [-0.15, -0.1) is 0 Å². The molecule has 4 aliphatic rings. The van der Waals surface area contributed by atoms with E-state index in [1.807, 2.05) is 12.3 Å². The first-order chi connectivity index (χ1) is 17.5. The Bertz CT molecular complexity index is 1040. The number of piperidine rings is 1. The lowest BCUT2D eigenvalue weighted by Crippen LogP contribution is -2.55. The standard InChI is InChI=1S/C29H40N6O/c1-32(2)29(24-6-4-3-5-7-24)15-13-28(14-16-29)22-34(27(36)35(28)21-23-8-9-23)25-11-18-33(19-12-25)26-10-17-30-31-20-26/h3-7,10,17,20,23,25H,8-9,11-16,18-19,21-22H2,1-2H3/t28-,29-. The highest BCUT2D eigenvalue weighted by atomic mass is 16.2. The summed E-state index contributed by atoms with van der Waals surface area (Å²) in [5, 5.41) is 7.96. The van der Waals surface area contributed by atoms with Crippen LogP contribution in [0.2, 0.25) is 0 Å². The van der Waals surface area contributed by atoms with Gasteiger partial charge in [0.05, 0.1) is 23.6 Å². The number of carbonyl (C=O) groups excluding carboxylic acids is 1. The van der Waals surface area contributed by atoms with Crippen LogP contribution in [0.1, 0.15) is 56.9 Å². The van der Waals surface area contributed by atoms with Crippen molar-refractivity contribution in [3.63, 3.8) is 0 Å². The number of amides is 2. The number of hydrogen-bond acceptors (Lipinski definition) is 5. The number of rotatable bonds is 6. The first kappa shape index (κ1) is 23.7. The van der Waals surface area contributed by atoms with Crippen LogP contribution >= 0.6 is 0 Å². The smallest absolute Gasteiger partial charge is 0.320 e. The fourth-order valence-corrected chi connectivity index (χ4v) is 7.15. The van der Waals surface area contributed by atoms with Crippen molar-refractivity contribution in [1.82, 2.24) is 24.9 Å². The number of hydrogen-bond donors (Lipinski definition) is 0. The van der Waals surface area contributed by atoms with Crippen LogP contribution in [0.3, 0.4) is 0 Å². The molecule has 2 aliphatic carbocycles. The molecule has 0 radical (unpaired) electrons. The predicted octanol–water partition coefficient (Wildman–Crippen LogP) is 4.36. The summed E-state index contributed by atoms with van der Waals surface area (Å²) in [5.74, 6) is 0.710. The molecule has 2 saturated carbocycles. The molecule has 36 heavy (non-hydrogen) atoms. The molecule has 2 saturated heterocycles. The lowest BCUT2D eigenvalue weighted by molar-refractivity contribution is 0.0226. The van der Waals surface area contributed by atoms with E-state index in [-0.39, 0.29) is 11.1 Å². The average Bonchev–Trinajstić information content (AvgIpc) is 3.72. The second-order valence-corrected chi connectivity index (χ2v) is 11.8. The fourth-order valence-electron chi connectivity index (χ4n) is 7.15. The minimum atomic E-state index is -0.0138. The van der Waals surface area contributed by atoms with E-state index in [0.717, 1.165) is 70.4 Å². The second-order valence-electron chi connectivity index (χ2n) is 11.8. The number of nitrogens with zero attached hydrogens (tertiary/aromatic N) is 6. The van der Waals surface area contributed by atoms with Gasteiger partial charge in [0.25, 0.3) is 0 Å². The molecule has 3 heterocycles. The lowest BCUT2D eigenvalue weighted by Gasteiger charge is -2.51. The van der Waals surface area contributed by atoms with Gasteiger partial charge in [-0.25, -0.2) is 4.79 Å². The molecule has 4 fully saturated rings. The highest BCUT2D eigenvalue weighted by molar-refractivity contribution is 5.79. The summed E-state index contributed by atoms with van der Waals surface area (Å²) in [6.45, 7) is 3.79. The van der Waals surface area contributed by atoms with Crippen molar-refractivity contribution in [3.8, 4) is 0 Å². The van der Waals surface area contributed by atoms with Gasteiger partial charge in [-0.05, 0) is 83.0 Å². The third kappa shape index (κ3) is 4.15. The largest absolute Gasteiger partial charge is 0.370 e. The molecule has 7 nitrogen and oxygen atoms in total. The second kappa shape index (κ2) is 9.33. The molecular weight excluding hydrogens is 448 g/mol. The summed E-state index contributed by atoms with van der Waals surface area (Å²) >= 11 is 0. The molecule has 0 unspecified atom stereocenters. The highest BCUT2D eigenvalue weighted by Crippen LogP contribution is 2.50. The fraction of sp³-hybridized carbons (Fsp3) is 0.621. The van der Waals surface area contributed by atoms with Gasteiger partial charge in [-0.2, -0.15) is 10.2 Å². The summed E-state index contributed by atoms with van der Waals surface area (Å²) in [4.78, 5) is 23.4. The number of urea groups is 1.